The molecule has 4 rings (SSSR count). The van der Waals surface area contributed by atoms with Crippen molar-refractivity contribution >= 4 is 38.3 Å². The number of anilines is 1. The Balaban J connectivity index is 1.43. The van der Waals surface area contributed by atoms with Gasteiger partial charge in [-0.1, -0.05) is 28.1 Å². The van der Waals surface area contributed by atoms with E-state index in [-0.39, 0.29) is 17.2 Å². The lowest BCUT2D eigenvalue weighted by Crippen LogP contribution is -2.31. The average Bonchev–Trinajstić information content (AvgIpc) is 3.04. The van der Waals surface area contributed by atoms with Gasteiger partial charge in [0.15, 0.2) is 5.13 Å². The van der Waals surface area contributed by atoms with Crippen LogP contribution in [0.4, 0.5) is 5.13 Å². The van der Waals surface area contributed by atoms with E-state index in [0.717, 1.165) is 48.1 Å². The molecule has 1 aromatic carbocycles. The van der Waals surface area contributed by atoms with E-state index < -0.39 is 0 Å². The third-order valence-electron chi connectivity index (χ3n) is 4.96. The van der Waals surface area contributed by atoms with Crippen molar-refractivity contribution in [2.75, 3.05) is 18.4 Å². The van der Waals surface area contributed by atoms with Crippen LogP contribution in [0.3, 0.4) is 0 Å². The second-order valence-electron chi connectivity index (χ2n) is 6.41. The summed E-state index contributed by atoms with van der Waals surface area (Å²) in [4.78, 5) is 17.0. The van der Waals surface area contributed by atoms with Crippen LogP contribution in [0.2, 0.25) is 0 Å². The average molecular weight is 392 g/mol. The van der Waals surface area contributed by atoms with E-state index in [9.17, 15) is 4.79 Å². The molecule has 4 nitrogen and oxygen atoms in total. The number of aromatic nitrogens is 1. The minimum Gasteiger partial charge on any atom is -0.317 e. The molecule has 1 aliphatic carbocycles. The zero-order valence-electron chi connectivity index (χ0n) is 12.6. The summed E-state index contributed by atoms with van der Waals surface area (Å²) in [6.07, 6.45) is 3.27. The van der Waals surface area contributed by atoms with E-state index in [1.165, 1.54) is 11.3 Å². The number of benzene rings is 1. The molecule has 1 atom stereocenters. The van der Waals surface area contributed by atoms with Crippen LogP contribution in [-0.4, -0.2) is 24.0 Å². The molecule has 120 valence electrons. The van der Waals surface area contributed by atoms with E-state index in [4.69, 9.17) is 0 Å². The monoisotopic (exact) mass is 391 g/mol. The lowest BCUT2D eigenvalue weighted by Gasteiger charge is -2.22. The number of nitrogens with one attached hydrogen (secondary N) is 2. The molecule has 0 radical (unpaired) electrons. The van der Waals surface area contributed by atoms with E-state index in [1.54, 1.807) is 0 Å². The summed E-state index contributed by atoms with van der Waals surface area (Å²) in [5.41, 5.74) is 2.22. The molecular weight excluding hydrogens is 374 g/mol. The molecule has 1 saturated carbocycles. The van der Waals surface area contributed by atoms with Gasteiger partial charge in [-0.3, -0.25) is 4.79 Å². The summed E-state index contributed by atoms with van der Waals surface area (Å²) in [6.45, 7) is 2.07. The first-order valence-corrected chi connectivity index (χ1v) is 9.57. The topological polar surface area (TPSA) is 54.0 Å². The predicted molar refractivity (Wildman–Crippen MR) is 96.5 cm³/mol. The zero-order chi connectivity index (χ0) is 15.9. The number of hydrogen-bond acceptors (Lipinski definition) is 4. The molecule has 1 amide bonds. The lowest BCUT2D eigenvalue weighted by molar-refractivity contribution is -0.118. The molecule has 0 bridgehead atoms. The fourth-order valence-electron chi connectivity index (χ4n) is 3.50. The number of carbonyl (C=O) groups excluding carboxylic acids is 1. The maximum absolute atomic E-state index is 12.5. The fraction of sp³-hybridized carbons (Fsp3) is 0.412. The first-order chi connectivity index (χ1) is 11.2. The van der Waals surface area contributed by atoms with Gasteiger partial charge in [-0.05, 0) is 49.9 Å². The van der Waals surface area contributed by atoms with Crippen molar-refractivity contribution in [3.05, 3.63) is 34.1 Å². The SMILES string of the molecule is O=C(Nc1nc(-c2cccc(Br)c2)cs1)C1CC12CCNCC2. The first-order valence-electron chi connectivity index (χ1n) is 7.89. The number of thiazole rings is 1. The van der Waals surface area contributed by atoms with Crippen LogP contribution in [0.5, 0.6) is 0 Å². The molecule has 2 fully saturated rings. The second kappa shape index (κ2) is 6.00. The number of piperidine rings is 1. The van der Waals surface area contributed by atoms with Crippen molar-refractivity contribution in [2.24, 2.45) is 11.3 Å². The van der Waals surface area contributed by atoms with Crippen molar-refractivity contribution in [1.29, 1.82) is 0 Å². The van der Waals surface area contributed by atoms with Crippen LogP contribution in [0, 0.1) is 11.3 Å². The van der Waals surface area contributed by atoms with Gasteiger partial charge in [-0.2, -0.15) is 0 Å². The van der Waals surface area contributed by atoms with Crippen LogP contribution in [0.25, 0.3) is 11.3 Å². The largest absolute Gasteiger partial charge is 0.317 e. The first kappa shape index (κ1) is 15.3. The third kappa shape index (κ3) is 3.07. The molecule has 1 spiro atoms. The van der Waals surface area contributed by atoms with Crippen molar-refractivity contribution in [1.82, 2.24) is 10.3 Å². The number of rotatable bonds is 3. The molecule has 2 aromatic rings. The summed E-state index contributed by atoms with van der Waals surface area (Å²) in [7, 11) is 0. The van der Waals surface area contributed by atoms with Crippen LogP contribution in [0.15, 0.2) is 34.1 Å². The Kier molecular flexibility index (Phi) is 3.99. The molecule has 1 aliphatic heterocycles. The van der Waals surface area contributed by atoms with Crippen LogP contribution in [-0.2, 0) is 4.79 Å². The molecule has 2 aliphatic rings. The Labute approximate surface area is 147 Å². The van der Waals surface area contributed by atoms with Crippen molar-refractivity contribution in [2.45, 2.75) is 19.3 Å². The Morgan fingerprint density at radius 3 is 3.00 bits per heavy atom. The Hall–Kier alpha value is -1.24. The highest BCUT2D eigenvalue weighted by Gasteiger charge is 2.57. The lowest BCUT2D eigenvalue weighted by atomic mass is 9.92. The Morgan fingerprint density at radius 1 is 1.39 bits per heavy atom. The van der Waals surface area contributed by atoms with Gasteiger partial charge in [-0.15, -0.1) is 11.3 Å². The molecule has 6 heteroatoms. The highest BCUT2D eigenvalue weighted by atomic mass is 79.9. The second-order valence-corrected chi connectivity index (χ2v) is 8.18. The smallest absolute Gasteiger partial charge is 0.229 e. The van der Waals surface area contributed by atoms with E-state index in [0.29, 0.717) is 5.13 Å². The summed E-state index contributed by atoms with van der Waals surface area (Å²) < 4.78 is 1.03. The normalized spacial score (nSPS) is 22.0. The number of hydrogen-bond donors (Lipinski definition) is 2. The number of amides is 1. The van der Waals surface area contributed by atoms with Crippen molar-refractivity contribution < 1.29 is 4.79 Å². The highest BCUT2D eigenvalue weighted by Crippen LogP contribution is 2.58. The standard InChI is InChI=1S/C17H18BrN3OS/c18-12-3-1-2-11(8-12)14-10-23-16(20-14)21-15(22)13-9-17(13)4-6-19-7-5-17/h1-3,8,10,13,19H,4-7,9H2,(H,20,21,22). The maximum Gasteiger partial charge on any atom is 0.229 e. The van der Waals surface area contributed by atoms with Gasteiger partial charge in [0, 0.05) is 21.3 Å². The highest BCUT2D eigenvalue weighted by molar-refractivity contribution is 9.10. The van der Waals surface area contributed by atoms with Crippen LogP contribution < -0.4 is 10.6 Å². The molecule has 2 N–H and O–H groups in total. The molecule has 23 heavy (non-hydrogen) atoms. The van der Waals surface area contributed by atoms with E-state index in [1.807, 2.05) is 29.6 Å². The van der Waals surface area contributed by atoms with Gasteiger partial charge in [0.25, 0.3) is 0 Å². The number of nitrogens with zero attached hydrogens (tertiary/aromatic N) is 1. The van der Waals surface area contributed by atoms with Gasteiger partial charge in [-0.25, -0.2) is 4.98 Å². The number of carbonyl (C=O) groups is 1. The van der Waals surface area contributed by atoms with Gasteiger partial charge in [0.2, 0.25) is 5.91 Å². The predicted octanol–water partition coefficient (Wildman–Crippen LogP) is 3.90. The minimum atomic E-state index is 0.141. The Bertz CT molecular complexity index is 739. The molecule has 2 heterocycles. The summed E-state index contributed by atoms with van der Waals surface area (Å²) >= 11 is 4.96. The van der Waals surface area contributed by atoms with Gasteiger partial charge in [0.1, 0.15) is 0 Å². The summed E-state index contributed by atoms with van der Waals surface area (Å²) in [6, 6.07) is 8.04. The molecular formula is C17H18BrN3OS. The third-order valence-corrected chi connectivity index (χ3v) is 6.21. The van der Waals surface area contributed by atoms with Crippen LogP contribution in [0.1, 0.15) is 19.3 Å². The molecule has 1 aromatic heterocycles. The maximum atomic E-state index is 12.5. The van der Waals surface area contributed by atoms with E-state index >= 15 is 0 Å². The fourth-order valence-corrected chi connectivity index (χ4v) is 4.62. The summed E-state index contributed by atoms with van der Waals surface area (Å²) in [5.74, 6) is 0.310. The van der Waals surface area contributed by atoms with Gasteiger partial charge < -0.3 is 10.6 Å². The summed E-state index contributed by atoms with van der Waals surface area (Å²) in [5, 5.41) is 9.07. The zero-order valence-corrected chi connectivity index (χ0v) is 15.0. The van der Waals surface area contributed by atoms with Crippen molar-refractivity contribution in [3.63, 3.8) is 0 Å². The van der Waals surface area contributed by atoms with Gasteiger partial charge in [0.05, 0.1) is 5.69 Å². The molecule has 1 saturated heterocycles. The van der Waals surface area contributed by atoms with E-state index in [2.05, 4.69) is 31.5 Å². The Morgan fingerprint density at radius 2 is 2.22 bits per heavy atom. The quantitative estimate of drug-likeness (QED) is 0.833. The molecule has 1 unspecified atom stereocenters. The van der Waals surface area contributed by atoms with Crippen molar-refractivity contribution in [3.8, 4) is 11.3 Å². The number of halogens is 1. The minimum absolute atomic E-state index is 0.141. The van der Waals surface area contributed by atoms with Crippen LogP contribution >= 0.6 is 27.3 Å². The van der Waals surface area contributed by atoms with Gasteiger partial charge >= 0.3 is 0 Å².